The Bertz CT molecular complexity index is 625. The van der Waals surface area contributed by atoms with E-state index in [-0.39, 0.29) is 29.8 Å². The molecule has 0 saturated heterocycles. The highest BCUT2D eigenvalue weighted by atomic mass is 31.2. The Labute approximate surface area is 180 Å². The summed E-state index contributed by atoms with van der Waals surface area (Å²) in [7, 11) is -1.31. The molecule has 2 aliphatic heterocycles. The SMILES string of the molecule is C=C1C=CC(=O)N1CCCOP(OCCCN1C(=O)C=CC1=O)N(C(C)C)C(C)C. The van der Waals surface area contributed by atoms with Gasteiger partial charge in [0, 0.05) is 49.1 Å². The van der Waals surface area contributed by atoms with Crippen LogP contribution in [0.2, 0.25) is 0 Å². The molecule has 30 heavy (non-hydrogen) atoms. The van der Waals surface area contributed by atoms with Crippen LogP contribution >= 0.6 is 8.53 Å². The molecule has 0 fully saturated rings. The largest absolute Gasteiger partial charge is 0.322 e. The van der Waals surface area contributed by atoms with Crippen LogP contribution in [-0.4, -0.2) is 70.6 Å². The summed E-state index contributed by atoms with van der Waals surface area (Å²) < 4.78 is 14.3. The molecule has 0 aromatic carbocycles. The summed E-state index contributed by atoms with van der Waals surface area (Å²) in [5, 5.41) is 0. The van der Waals surface area contributed by atoms with E-state index < -0.39 is 8.53 Å². The minimum atomic E-state index is -1.31. The molecule has 2 rings (SSSR count). The lowest BCUT2D eigenvalue weighted by molar-refractivity contribution is -0.136. The third-order valence-electron chi connectivity index (χ3n) is 4.63. The topological polar surface area (TPSA) is 79.4 Å². The van der Waals surface area contributed by atoms with Crippen LogP contribution in [0.15, 0.2) is 36.6 Å². The van der Waals surface area contributed by atoms with E-state index in [4.69, 9.17) is 9.05 Å². The Morgan fingerprint density at radius 2 is 1.27 bits per heavy atom. The number of carbonyl (C=O) groups is 3. The number of nitrogens with zero attached hydrogens (tertiary/aromatic N) is 3. The van der Waals surface area contributed by atoms with Crippen molar-refractivity contribution >= 4 is 26.2 Å². The van der Waals surface area contributed by atoms with Gasteiger partial charge in [-0.2, -0.15) is 0 Å². The van der Waals surface area contributed by atoms with E-state index in [1.165, 1.54) is 23.1 Å². The van der Waals surface area contributed by atoms with Gasteiger partial charge in [0.2, 0.25) is 0 Å². The number of rotatable bonds is 13. The number of allylic oxidation sites excluding steroid dienone is 1. The lowest BCUT2D eigenvalue weighted by Gasteiger charge is -2.35. The van der Waals surface area contributed by atoms with Crippen molar-refractivity contribution in [2.45, 2.75) is 52.6 Å². The Hall–Kier alpha value is -1.86. The van der Waals surface area contributed by atoms with Crippen molar-refractivity contribution in [1.29, 1.82) is 0 Å². The lowest BCUT2D eigenvalue weighted by Crippen LogP contribution is -2.34. The average molecular weight is 437 g/mol. The lowest BCUT2D eigenvalue weighted by atomic mass is 10.3. The third-order valence-corrected chi connectivity index (χ3v) is 6.74. The zero-order valence-electron chi connectivity index (χ0n) is 18.2. The van der Waals surface area contributed by atoms with Gasteiger partial charge in [-0.1, -0.05) is 6.58 Å². The molecule has 0 spiro atoms. The molecule has 2 aliphatic rings. The van der Waals surface area contributed by atoms with Crippen molar-refractivity contribution in [2.75, 3.05) is 26.3 Å². The van der Waals surface area contributed by atoms with Crippen LogP contribution in [0, 0.1) is 0 Å². The summed E-state index contributed by atoms with van der Waals surface area (Å²) in [6.45, 7) is 13.9. The maximum Gasteiger partial charge on any atom is 0.259 e. The van der Waals surface area contributed by atoms with Crippen LogP contribution in [0.25, 0.3) is 0 Å². The van der Waals surface area contributed by atoms with Crippen molar-refractivity contribution in [3.8, 4) is 0 Å². The van der Waals surface area contributed by atoms with Gasteiger partial charge in [-0.15, -0.1) is 0 Å². The zero-order chi connectivity index (χ0) is 22.3. The van der Waals surface area contributed by atoms with Gasteiger partial charge in [0.25, 0.3) is 26.2 Å². The van der Waals surface area contributed by atoms with Crippen molar-refractivity contribution in [1.82, 2.24) is 14.5 Å². The highest BCUT2D eigenvalue weighted by molar-refractivity contribution is 7.44. The molecule has 3 amide bonds. The highest BCUT2D eigenvalue weighted by Gasteiger charge is 2.28. The first-order valence-electron chi connectivity index (χ1n) is 10.3. The van der Waals surface area contributed by atoms with Gasteiger partial charge in [0.15, 0.2) is 0 Å². The van der Waals surface area contributed by atoms with Crippen LogP contribution < -0.4 is 0 Å². The van der Waals surface area contributed by atoms with Gasteiger partial charge < -0.3 is 13.9 Å². The van der Waals surface area contributed by atoms with Crippen LogP contribution in [0.5, 0.6) is 0 Å². The Balaban J connectivity index is 1.82. The molecule has 0 aromatic heterocycles. The maximum absolute atomic E-state index is 11.8. The number of carbonyl (C=O) groups excluding carboxylic acids is 3. The van der Waals surface area contributed by atoms with Crippen LogP contribution in [0.3, 0.4) is 0 Å². The summed E-state index contributed by atoms with van der Waals surface area (Å²) in [6, 6.07) is 0.456. The quantitative estimate of drug-likeness (QED) is 0.250. The molecular formula is C21H32N3O5P. The monoisotopic (exact) mass is 437 g/mol. The van der Waals surface area contributed by atoms with Gasteiger partial charge in [0.1, 0.15) is 0 Å². The van der Waals surface area contributed by atoms with Gasteiger partial charge >= 0.3 is 0 Å². The normalized spacial score (nSPS) is 17.7. The van der Waals surface area contributed by atoms with E-state index in [0.717, 1.165) is 0 Å². The zero-order valence-corrected chi connectivity index (χ0v) is 19.1. The van der Waals surface area contributed by atoms with Crippen molar-refractivity contribution in [3.63, 3.8) is 0 Å². The molecule has 9 heteroatoms. The second-order valence-corrected chi connectivity index (χ2v) is 9.11. The molecule has 0 aliphatic carbocycles. The van der Waals surface area contributed by atoms with Gasteiger partial charge in [0.05, 0.1) is 13.2 Å². The van der Waals surface area contributed by atoms with E-state index in [1.807, 2.05) is 0 Å². The Morgan fingerprint density at radius 3 is 1.70 bits per heavy atom. The van der Waals surface area contributed by atoms with Crippen LogP contribution in [0.1, 0.15) is 40.5 Å². The molecule has 0 radical (unpaired) electrons. The first kappa shape index (κ1) is 24.4. The number of imide groups is 1. The summed E-state index contributed by atoms with van der Waals surface area (Å²) in [4.78, 5) is 37.9. The van der Waals surface area contributed by atoms with Crippen molar-refractivity contribution in [3.05, 3.63) is 36.6 Å². The molecule has 0 saturated carbocycles. The molecule has 8 nitrogen and oxygen atoms in total. The van der Waals surface area contributed by atoms with Gasteiger partial charge in [-0.3, -0.25) is 19.3 Å². The number of amides is 3. The summed E-state index contributed by atoms with van der Waals surface area (Å²) in [5.74, 6) is -0.612. The molecule has 2 heterocycles. The predicted octanol–water partition coefficient (Wildman–Crippen LogP) is 2.98. The fourth-order valence-corrected chi connectivity index (χ4v) is 4.93. The summed E-state index contributed by atoms with van der Waals surface area (Å²) in [6.07, 6.45) is 7.01. The Kier molecular flexibility index (Phi) is 9.37. The smallest absolute Gasteiger partial charge is 0.259 e. The van der Waals surface area contributed by atoms with E-state index in [0.29, 0.717) is 44.8 Å². The van der Waals surface area contributed by atoms with Crippen LogP contribution in [-0.2, 0) is 23.4 Å². The van der Waals surface area contributed by atoms with E-state index in [1.54, 1.807) is 11.0 Å². The summed E-state index contributed by atoms with van der Waals surface area (Å²) in [5.41, 5.74) is 0.699. The average Bonchev–Trinajstić information content (AvgIpc) is 3.16. The first-order valence-corrected chi connectivity index (χ1v) is 11.4. The molecule has 1 unspecified atom stereocenters. The van der Waals surface area contributed by atoms with E-state index in [2.05, 4.69) is 38.9 Å². The molecule has 0 bridgehead atoms. The van der Waals surface area contributed by atoms with Crippen LogP contribution in [0.4, 0.5) is 0 Å². The second kappa shape index (κ2) is 11.5. The predicted molar refractivity (Wildman–Crippen MR) is 116 cm³/mol. The third kappa shape index (κ3) is 6.57. The number of hydrogen-bond donors (Lipinski definition) is 0. The van der Waals surface area contributed by atoms with E-state index in [9.17, 15) is 14.4 Å². The van der Waals surface area contributed by atoms with Crippen molar-refractivity contribution < 1.29 is 23.4 Å². The fraction of sp³-hybridized carbons (Fsp3) is 0.571. The first-order chi connectivity index (χ1) is 14.2. The minimum absolute atomic E-state index is 0.0509. The molecule has 0 N–H and O–H groups in total. The molecule has 1 atom stereocenters. The Morgan fingerprint density at radius 1 is 0.833 bits per heavy atom. The molecule has 0 aromatic rings. The number of hydrogen-bond acceptors (Lipinski definition) is 6. The molecule has 166 valence electrons. The maximum atomic E-state index is 11.8. The van der Waals surface area contributed by atoms with Gasteiger partial charge in [-0.25, -0.2) is 4.67 Å². The van der Waals surface area contributed by atoms with E-state index >= 15 is 0 Å². The summed E-state index contributed by atoms with van der Waals surface area (Å²) >= 11 is 0. The highest BCUT2D eigenvalue weighted by Crippen LogP contribution is 2.46. The molecular weight excluding hydrogens is 405 g/mol. The van der Waals surface area contributed by atoms with Gasteiger partial charge in [-0.05, 0) is 46.6 Å². The van der Waals surface area contributed by atoms with Crippen molar-refractivity contribution in [2.24, 2.45) is 0 Å². The second-order valence-electron chi connectivity index (χ2n) is 7.65. The fourth-order valence-electron chi connectivity index (χ4n) is 3.27. The minimum Gasteiger partial charge on any atom is -0.322 e. The standard InChI is InChI=1S/C21H32N3O5P/c1-16(2)24(17(3)4)30(28-14-6-12-22-18(5)8-9-19(22)25)29-15-7-13-23-20(26)10-11-21(23)27/h8-11,16-17H,5-7,12-15H2,1-4H3.